The maximum atomic E-state index is 12.1. The minimum absolute atomic E-state index is 0.114. The van der Waals surface area contributed by atoms with Gasteiger partial charge in [-0.25, -0.2) is 0 Å². The molecule has 0 aliphatic carbocycles. The van der Waals surface area contributed by atoms with E-state index in [2.05, 4.69) is 16.0 Å². The van der Waals surface area contributed by atoms with E-state index >= 15 is 0 Å². The summed E-state index contributed by atoms with van der Waals surface area (Å²) in [5, 5.41) is 8.65. The lowest BCUT2D eigenvalue weighted by molar-refractivity contribution is -0.116. The third-order valence-corrected chi connectivity index (χ3v) is 3.02. The molecule has 2 amide bonds. The normalized spacial score (nSPS) is 11.4. The van der Waals surface area contributed by atoms with Gasteiger partial charge >= 0.3 is 0 Å². The van der Waals surface area contributed by atoms with Gasteiger partial charge < -0.3 is 16.0 Å². The van der Waals surface area contributed by atoms with Gasteiger partial charge in [0, 0.05) is 24.0 Å². The summed E-state index contributed by atoms with van der Waals surface area (Å²) in [7, 11) is 0. The maximum absolute atomic E-state index is 12.1. The van der Waals surface area contributed by atoms with Crippen LogP contribution in [0.1, 0.15) is 13.8 Å². The first kappa shape index (κ1) is 15.6. The molecule has 114 valence electrons. The zero-order valence-corrected chi connectivity index (χ0v) is 12.6. The molecular formula is C17H19N3O2. The summed E-state index contributed by atoms with van der Waals surface area (Å²) < 4.78 is 0. The average Bonchev–Trinajstić information content (AvgIpc) is 2.49. The molecule has 22 heavy (non-hydrogen) atoms. The van der Waals surface area contributed by atoms with Crippen LogP contribution in [0, 0.1) is 0 Å². The molecule has 0 saturated heterocycles. The van der Waals surface area contributed by atoms with Crippen molar-refractivity contribution < 1.29 is 9.59 Å². The third kappa shape index (κ3) is 4.63. The molecule has 2 rings (SSSR count). The van der Waals surface area contributed by atoms with Gasteiger partial charge in [0.15, 0.2) is 0 Å². The molecule has 0 saturated carbocycles. The van der Waals surface area contributed by atoms with Gasteiger partial charge in [0.2, 0.25) is 11.8 Å². The third-order valence-electron chi connectivity index (χ3n) is 3.02. The first-order valence-electron chi connectivity index (χ1n) is 7.04. The molecule has 1 unspecified atom stereocenters. The molecule has 1 atom stereocenters. The molecule has 2 aromatic carbocycles. The Morgan fingerprint density at radius 1 is 0.818 bits per heavy atom. The predicted octanol–water partition coefficient (Wildman–Crippen LogP) is 3.08. The Bertz CT molecular complexity index is 639. The second-order valence-corrected chi connectivity index (χ2v) is 4.98. The molecule has 3 N–H and O–H groups in total. The predicted molar refractivity (Wildman–Crippen MR) is 88.9 cm³/mol. The average molecular weight is 297 g/mol. The molecule has 0 aliphatic heterocycles. The number of rotatable bonds is 5. The number of hydrogen-bond acceptors (Lipinski definition) is 3. The van der Waals surface area contributed by atoms with Crippen molar-refractivity contribution >= 4 is 28.9 Å². The molecule has 5 heteroatoms. The van der Waals surface area contributed by atoms with Crippen LogP contribution >= 0.6 is 0 Å². The van der Waals surface area contributed by atoms with Crippen molar-refractivity contribution in [1.29, 1.82) is 0 Å². The van der Waals surface area contributed by atoms with Crippen LogP contribution in [-0.4, -0.2) is 17.9 Å². The second kappa shape index (κ2) is 7.26. The quantitative estimate of drug-likeness (QED) is 0.794. The highest BCUT2D eigenvalue weighted by atomic mass is 16.2. The highest BCUT2D eigenvalue weighted by molar-refractivity contribution is 5.96. The van der Waals surface area contributed by atoms with E-state index in [0.29, 0.717) is 0 Å². The molecule has 0 spiro atoms. The number of hydrogen-bond donors (Lipinski definition) is 3. The first-order chi connectivity index (χ1) is 10.5. The molecule has 0 aliphatic rings. The van der Waals surface area contributed by atoms with Gasteiger partial charge in [-0.05, 0) is 43.3 Å². The fourth-order valence-corrected chi connectivity index (χ4v) is 1.94. The van der Waals surface area contributed by atoms with Gasteiger partial charge in [0.25, 0.3) is 0 Å². The summed E-state index contributed by atoms with van der Waals surface area (Å²) in [6, 6.07) is 16.1. The van der Waals surface area contributed by atoms with Gasteiger partial charge in [0.05, 0.1) is 0 Å². The molecule has 0 bridgehead atoms. The Labute approximate surface area is 129 Å². The molecule has 0 radical (unpaired) electrons. The van der Waals surface area contributed by atoms with Gasteiger partial charge in [-0.3, -0.25) is 9.59 Å². The lowest BCUT2D eigenvalue weighted by Crippen LogP contribution is -2.31. The van der Waals surface area contributed by atoms with Gasteiger partial charge in [-0.1, -0.05) is 18.2 Å². The van der Waals surface area contributed by atoms with Crippen LogP contribution in [0.2, 0.25) is 0 Å². The van der Waals surface area contributed by atoms with E-state index in [4.69, 9.17) is 0 Å². The Kier molecular flexibility index (Phi) is 5.14. The van der Waals surface area contributed by atoms with E-state index in [-0.39, 0.29) is 17.9 Å². The highest BCUT2D eigenvalue weighted by Gasteiger charge is 2.12. The minimum Gasteiger partial charge on any atom is -0.374 e. The van der Waals surface area contributed by atoms with E-state index in [9.17, 15) is 9.59 Å². The van der Waals surface area contributed by atoms with Crippen molar-refractivity contribution in [2.24, 2.45) is 0 Å². The van der Waals surface area contributed by atoms with Crippen molar-refractivity contribution in [1.82, 2.24) is 0 Å². The number of anilines is 3. The summed E-state index contributed by atoms with van der Waals surface area (Å²) in [5.74, 6) is -0.228. The monoisotopic (exact) mass is 297 g/mol. The molecule has 0 fully saturated rings. The van der Waals surface area contributed by atoms with Crippen LogP contribution in [-0.2, 0) is 9.59 Å². The Morgan fingerprint density at radius 2 is 1.36 bits per heavy atom. The van der Waals surface area contributed by atoms with Crippen LogP contribution in [0.15, 0.2) is 54.6 Å². The van der Waals surface area contributed by atoms with Gasteiger partial charge in [-0.2, -0.15) is 0 Å². The molecular weight excluding hydrogens is 278 g/mol. The molecule has 0 heterocycles. The van der Waals surface area contributed by atoms with Crippen LogP contribution < -0.4 is 16.0 Å². The summed E-state index contributed by atoms with van der Waals surface area (Å²) >= 11 is 0. The van der Waals surface area contributed by atoms with E-state index in [1.807, 2.05) is 42.5 Å². The van der Waals surface area contributed by atoms with E-state index in [1.165, 1.54) is 6.92 Å². The Morgan fingerprint density at radius 3 is 1.95 bits per heavy atom. The number of nitrogens with one attached hydrogen (secondary N) is 3. The first-order valence-corrected chi connectivity index (χ1v) is 7.04. The Hall–Kier alpha value is -2.82. The SMILES string of the molecule is CC(=O)Nc1ccc(NC(C)C(=O)Nc2ccccc2)cc1. The Balaban J connectivity index is 1.92. The summed E-state index contributed by atoms with van der Waals surface area (Å²) in [6.07, 6.45) is 0. The smallest absolute Gasteiger partial charge is 0.246 e. The molecule has 0 aromatic heterocycles. The van der Waals surface area contributed by atoms with Crippen LogP contribution in [0.4, 0.5) is 17.1 Å². The molecule has 2 aromatic rings. The molecule has 5 nitrogen and oxygen atoms in total. The van der Waals surface area contributed by atoms with Crippen molar-refractivity contribution in [3.8, 4) is 0 Å². The van der Waals surface area contributed by atoms with Crippen LogP contribution in [0.25, 0.3) is 0 Å². The lowest BCUT2D eigenvalue weighted by atomic mass is 10.2. The number of benzene rings is 2. The van der Waals surface area contributed by atoms with Crippen molar-refractivity contribution in [3.63, 3.8) is 0 Å². The van der Waals surface area contributed by atoms with Crippen LogP contribution in [0.5, 0.6) is 0 Å². The van der Waals surface area contributed by atoms with Crippen molar-refractivity contribution in [2.45, 2.75) is 19.9 Å². The van der Waals surface area contributed by atoms with E-state index in [0.717, 1.165) is 17.1 Å². The highest BCUT2D eigenvalue weighted by Crippen LogP contribution is 2.15. The minimum atomic E-state index is -0.383. The van der Waals surface area contributed by atoms with E-state index in [1.54, 1.807) is 19.1 Å². The number of carbonyl (C=O) groups excluding carboxylic acids is 2. The standard InChI is InChI=1S/C17H19N3O2/c1-12(17(22)20-14-6-4-3-5-7-14)18-15-8-10-16(11-9-15)19-13(2)21/h3-12,18H,1-2H3,(H,19,21)(H,20,22). The summed E-state index contributed by atoms with van der Waals surface area (Å²) in [6.45, 7) is 3.25. The van der Waals surface area contributed by atoms with E-state index < -0.39 is 0 Å². The zero-order valence-electron chi connectivity index (χ0n) is 12.6. The van der Waals surface area contributed by atoms with Crippen molar-refractivity contribution in [3.05, 3.63) is 54.6 Å². The fraction of sp³-hybridized carbons (Fsp3) is 0.176. The summed E-state index contributed by atoms with van der Waals surface area (Å²) in [5.41, 5.74) is 2.30. The van der Waals surface area contributed by atoms with Crippen LogP contribution in [0.3, 0.4) is 0 Å². The largest absolute Gasteiger partial charge is 0.374 e. The topological polar surface area (TPSA) is 70.2 Å². The van der Waals surface area contributed by atoms with Gasteiger partial charge in [0.1, 0.15) is 6.04 Å². The number of carbonyl (C=O) groups is 2. The second-order valence-electron chi connectivity index (χ2n) is 4.98. The lowest BCUT2D eigenvalue weighted by Gasteiger charge is -2.15. The number of para-hydroxylation sites is 1. The zero-order chi connectivity index (χ0) is 15.9. The summed E-state index contributed by atoms with van der Waals surface area (Å²) in [4.78, 5) is 23.1. The fourth-order valence-electron chi connectivity index (χ4n) is 1.94. The van der Waals surface area contributed by atoms with Gasteiger partial charge in [-0.15, -0.1) is 0 Å². The number of amides is 2. The maximum Gasteiger partial charge on any atom is 0.246 e. The van der Waals surface area contributed by atoms with Crippen molar-refractivity contribution in [2.75, 3.05) is 16.0 Å².